The lowest BCUT2D eigenvalue weighted by Crippen LogP contribution is -2.04. The molecule has 10 heteroatoms. The molecule has 8 nitrogen and oxygen atoms in total. The van der Waals surface area contributed by atoms with Crippen molar-refractivity contribution in [3.05, 3.63) is 42.1 Å². The number of nitrogen functional groups attached to an aromatic ring is 2. The number of anilines is 2. The highest BCUT2D eigenvalue weighted by Gasteiger charge is 2.20. The third-order valence-corrected chi connectivity index (χ3v) is 3.97. The van der Waals surface area contributed by atoms with E-state index >= 15 is 0 Å². The molecule has 0 amide bonds. The van der Waals surface area contributed by atoms with Crippen molar-refractivity contribution in [3.63, 3.8) is 0 Å². The molecule has 3 aromatic heterocycles. The number of aryl methyl sites for hydroxylation is 1. The first kappa shape index (κ1) is 16.8. The fourth-order valence-corrected chi connectivity index (χ4v) is 2.90. The van der Waals surface area contributed by atoms with Crippen molar-refractivity contribution in [1.29, 1.82) is 0 Å². The molecule has 0 saturated heterocycles. The molecule has 0 radical (unpaired) electrons. The molecule has 0 aliphatic rings. The van der Waals surface area contributed by atoms with E-state index in [2.05, 4.69) is 24.9 Å². The van der Waals surface area contributed by atoms with Gasteiger partial charge in [-0.3, -0.25) is 0 Å². The van der Waals surface area contributed by atoms with Gasteiger partial charge >= 0.3 is 0 Å². The Hall–Kier alpha value is -3.69. The molecule has 0 bridgehead atoms. The Labute approximate surface area is 151 Å². The van der Waals surface area contributed by atoms with Crippen molar-refractivity contribution in [2.75, 3.05) is 11.5 Å². The summed E-state index contributed by atoms with van der Waals surface area (Å²) in [6.07, 6.45) is 1.51. The number of nitrogens with two attached hydrogens (primary N) is 2. The molecule has 0 spiro atoms. The van der Waals surface area contributed by atoms with E-state index in [0.717, 1.165) is 18.2 Å². The number of halogens is 2. The fourth-order valence-electron chi connectivity index (χ4n) is 2.90. The van der Waals surface area contributed by atoms with Crippen LogP contribution in [0.3, 0.4) is 0 Å². The minimum atomic E-state index is -0.728. The number of rotatable bonds is 3. The van der Waals surface area contributed by atoms with E-state index in [1.165, 1.54) is 6.20 Å². The van der Waals surface area contributed by atoms with E-state index in [9.17, 15) is 8.78 Å². The van der Waals surface area contributed by atoms with Gasteiger partial charge in [-0.05, 0) is 25.1 Å². The summed E-state index contributed by atoms with van der Waals surface area (Å²) in [4.78, 5) is 21.0. The largest absolute Gasteiger partial charge is 0.368 e. The van der Waals surface area contributed by atoms with E-state index < -0.39 is 11.6 Å². The smallest absolute Gasteiger partial charge is 0.222 e. The second-order valence-electron chi connectivity index (χ2n) is 5.74. The number of nitrogens with zero attached hydrogens (tertiary/aromatic N) is 6. The highest BCUT2D eigenvalue weighted by atomic mass is 19.1. The van der Waals surface area contributed by atoms with Crippen molar-refractivity contribution < 1.29 is 8.78 Å². The predicted molar refractivity (Wildman–Crippen MR) is 96.2 cm³/mol. The summed E-state index contributed by atoms with van der Waals surface area (Å²) in [5, 5.41) is 0. The summed E-state index contributed by atoms with van der Waals surface area (Å²) < 4.78 is 29.2. The average Bonchev–Trinajstić information content (AvgIpc) is 2.98. The number of fused-ring (bicyclic) bond motifs is 1. The van der Waals surface area contributed by atoms with Gasteiger partial charge in [0.25, 0.3) is 0 Å². The van der Waals surface area contributed by atoms with Gasteiger partial charge < -0.3 is 16.0 Å². The van der Waals surface area contributed by atoms with Gasteiger partial charge in [-0.2, -0.15) is 4.98 Å². The molecule has 3 heterocycles. The predicted octanol–water partition coefficient (Wildman–Crippen LogP) is 2.41. The normalized spacial score (nSPS) is 11.2. The topological polar surface area (TPSA) is 121 Å². The molecule has 0 unspecified atom stereocenters. The Kier molecular flexibility index (Phi) is 3.87. The number of aromatic nitrogens is 6. The molecule has 4 N–H and O–H groups in total. The zero-order chi connectivity index (χ0) is 19.1. The lowest BCUT2D eigenvalue weighted by Gasteiger charge is -2.06. The summed E-state index contributed by atoms with van der Waals surface area (Å²) in [6, 6.07) is 4.77. The molecule has 0 atom stereocenters. The van der Waals surface area contributed by atoms with Crippen molar-refractivity contribution in [1.82, 2.24) is 29.5 Å². The lowest BCUT2D eigenvalue weighted by molar-refractivity contribution is 0.584. The van der Waals surface area contributed by atoms with Gasteiger partial charge in [0.15, 0.2) is 11.5 Å². The van der Waals surface area contributed by atoms with Crippen molar-refractivity contribution in [2.45, 2.75) is 13.5 Å². The van der Waals surface area contributed by atoms with Crippen LogP contribution in [0.4, 0.5) is 20.7 Å². The monoisotopic (exact) mass is 368 g/mol. The van der Waals surface area contributed by atoms with E-state index in [-0.39, 0.29) is 23.2 Å². The van der Waals surface area contributed by atoms with Crippen LogP contribution in [0.25, 0.3) is 33.9 Å². The fraction of sp³-hybridized carbons (Fsp3) is 0.118. The molecule has 0 aliphatic carbocycles. The maximum absolute atomic E-state index is 13.7. The van der Waals surface area contributed by atoms with Crippen LogP contribution in [-0.2, 0) is 6.54 Å². The minimum absolute atomic E-state index is 0.0366. The number of imidazole rings is 1. The van der Waals surface area contributed by atoms with Crippen molar-refractivity contribution in [2.24, 2.45) is 0 Å². The second-order valence-corrected chi connectivity index (χ2v) is 5.74. The quantitative estimate of drug-likeness (QED) is 0.569. The second kappa shape index (κ2) is 6.24. The maximum Gasteiger partial charge on any atom is 0.222 e. The van der Waals surface area contributed by atoms with Gasteiger partial charge in [-0.15, -0.1) is 0 Å². The van der Waals surface area contributed by atoms with Gasteiger partial charge in [-0.25, -0.2) is 28.7 Å². The molecule has 4 rings (SSSR count). The third-order valence-electron chi connectivity index (χ3n) is 3.97. The van der Waals surface area contributed by atoms with Crippen molar-refractivity contribution in [3.8, 4) is 22.8 Å². The van der Waals surface area contributed by atoms with Crippen LogP contribution in [0.5, 0.6) is 0 Å². The Bertz CT molecular complexity index is 1150. The highest BCUT2D eigenvalue weighted by molar-refractivity contribution is 5.90. The van der Waals surface area contributed by atoms with Gasteiger partial charge in [0.2, 0.25) is 11.9 Å². The van der Waals surface area contributed by atoms with Crippen LogP contribution >= 0.6 is 0 Å². The molecule has 4 aromatic rings. The van der Waals surface area contributed by atoms with Gasteiger partial charge in [0, 0.05) is 24.4 Å². The van der Waals surface area contributed by atoms with E-state index in [1.54, 1.807) is 10.6 Å². The van der Waals surface area contributed by atoms with Gasteiger partial charge in [0.1, 0.15) is 28.5 Å². The molecule has 0 saturated carbocycles. The number of benzene rings is 1. The van der Waals surface area contributed by atoms with E-state index in [0.29, 0.717) is 29.2 Å². The van der Waals surface area contributed by atoms with E-state index in [1.807, 2.05) is 6.92 Å². The first-order chi connectivity index (χ1) is 13.0. The average molecular weight is 368 g/mol. The van der Waals surface area contributed by atoms with Crippen molar-refractivity contribution >= 4 is 23.1 Å². The van der Waals surface area contributed by atoms with Gasteiger partial charge in [-0.1, -0.05) is 0 Å². The van der Waals surface area contributed by atoms with Crippen LogP contribution in [0.15, 0.2) is 30.5 Å². The summed E-state index contributed by atoms with van der Waals surface area (Å²) >= 11 is 0. The number of hydrogen-bond acceptors (Lipinski definition) is 7. The third kappa shape index (κ3) is 2.90. The minimum Gasteiger partial charge on any atom is -0.368 e. The summed E-state index contributed by atoms with van der Waals surface area (Å²) in [6.45, 7) is 2.40. The Morgan fingerprint density at radius 2 is 1.70 bits per heavy atom. The van der Waals surface area contributed by atoms with Crippen LogP contribution in [-0.4, -0.2) is 29.5 Å². The Morgan fingerprint density at radius 3 is 2.37 bits per heavy atom. The van der Waals surface area contributed by atoms with E-state index in [4.69, 9.17) is 11.5 Å². The maximum atomic E-state index is 13.7. The number of hydrogen-bond donors (Lipinski definition) is 2. The summed E-state index contributed by atoms with van der Waals surface area (Å²) in [5.74, 6) is -0.923. The standard InChI is InChI=1S/C17H14F2N8/c1-2-27-14(11-3-4-22-16(20)23-11)24-13-12(25-17(21)26-15(13)27)8-5-9(18)7-10(19)6-8/h3-7H,2H2,1H3,(H2,20,22,23)(H2,21,25,26). The van der Waals surface area contributed by atoms with Gasteiger partial charge in [0.05, 0.1) is 0 Å². The molecule has 136 valence electrons. The Balaban J connectivity index is 2.04. The molecule has 0 aliphatic heterocycles. The molecule has 1 aromatic carbocycles. The summed E-state index contributed by atoms with van der Waals surface area (Å²) in [5.41, 5.74) is 13.2. The van der Waals surface area contributed by atoms with Crippen LogP contribution in [0.2, 0.25) is 0 Å². The van der Waals surface area contributed by atoms with Crippen LogP contribution in [0, 0.1) is 11.6 Å². The first-order valence-electron chi connectivity index (χ1n) is 8.05. The molecular weight excluding hydrogens is 354 g/mol. The SMILES string of the molecule is CCn1c(-c2ccnc(N)n2)nc2c(-c3cc(F)cc(F)c3)nc(N)nc21. The highest BCUT2D eigenvalue weighted by Crippen LogP contribution is 2.31. The molecule has 0 fully saturated rings. The van der Waals surface area contributed by atoms with Crippen LogP contribution < -0.4 is 11.5 Å². The zero-order valence-corrected chi connectivity index (χ0v) is 14.2. The molecule has 27 heavy (non-hydrogen) atoms. The van der Waals surface area contributed by atoms with Crippen LogP contribution in [0.1, 0.15) is 6.92 Å². The Morgan fingerprint density at radius 1 is 0.963 bits per heavy atom. The first-order valence-corrected chi connectivity index (χ1v) is 8.05. The summed E-state index contributed by atoms with van der Waals surface area (Å²) in [7, 11) is 0. The molecular formula is C17H14F2N8. The lowest BCUT2D eigenvalue weighted by atomic mass is 10.1. The zero-order valence-electron chi connectivity index (χ0n) is 14.2.